The Bertz CT molecular complexity index is 299. The van der Waals surface area contributed by atoms with Crippen molar-refractivity contribution >= 4 is 11.6 Å². The molecule has 0 aliphatic heterocycles. The molecule has 0 aliphatic carbocycles. The molecule has 0 bridgehead atoms. The fourth-order valence-electron chi connectivity index (χ4n) is 1.13. The standard InChI is InChI=1S/C11H15ClO/c1-11(2,3)8-5-6-10(13-4)9(12)7-8/h5-7H,1-4H3. The summed E-state index contributed by atoms with van der Waals surface area (Å²) in [5, 5.41) is 0.676. The predicted molar refractivity (Wildman–Crippen MR) is 56.7 cm³/mol. The van der Waals surface area contributed by atoms with Gasteiger partial charge in [0.2, 0.25) is 0 Å². The van der Waals surface area contributed by atoms with E-state index in [0.29, 0.717) is 5.02 Å². The average Bonchev–Trinajstić information content (AvgIpc) is 2.02. The molecule has 0 spiro atoms. The van der Waals surface area contributed by atoms with Crippen LogP contribution in [-0.4, -0.2) is 7.11 Å². The van der Waals surface area contributed by atoms with Gasteiger partial charge in [-0.1, -0.05) is 38.4 Å². The van der Waals surface area contributed by atoms with Gasteiger partial charge in [-0.05, 0) is 23.1 Å². The van der Waals surface area contributed by atoms with Crippen molar-refractivity contribution in [2.24, 2.45) is 0 Å². The highest BCUT2D eigenvalue weighted by atomic mass is 35.5. The lowest BCUT2D eigenvalue weighted by molar-refractivity contribution is 0.414. The first-order chi connectivity index (χ1) is 5.95. The van der Waals surface area contributed by atoms with Crippen LogP contribution in [0.3, 0.4) is 0 Å². The highest BCUT2D eigenvalue weighted by molar-refractivity contribution is 6.32. The van der Waals surface area contributed by atoms with Crippen molar-refractivity contribution in [2.45, 2.75) is 26.2 Å². The van der Waals surface area contributed by atoms with Gasteiger partial charge in [0.15, 0.2) is 0 Å². The monoisotopic (exact) mass is 198 g/mol. The molecule has 13 heavy (non-hydrogen) atoms. The summed E-state index contributed by atoms with van der Waals surface area (Å²) in [6, 6.07) is 5.91. The zero-order chi connectivity index (χ0) is 10.1. The zero-order valence-corrected chi connectivity index (χ0v) is 9.27. The van der Waals surface area contributed by atoms with Gasteiger partial charge in [0.25, 0.3) is 0 Å². The molecule has 0 amide bonds. The molecule has 0 aromatic heterocycles. The maximum atomic E-state index is 6.01. The molecule has 0 saturated carbocycles. The van der Waals surface area contributed by atoms with Gasteiger partial charge < -0.3 is 4.74 Å². The maximum Gasteiger partial charge on any atom is 0.137 e. The molecule has 0 saturated heterocycles. The number of hydrogen-bond acceptors (Lipinski definition) is 1. The molecular formula is C11H15ClO. The minimum atomic E-state index is 0.135. The molecule has 1 rings (SSSR count). The van der Waals surface area contributed by atoms with Gasteiger partial charge in [-0.25, -0.2) is 0 Å². The normalized spacial score (nSPS) is 11.5. The van der Waals surface area contributed by atoms with E-state index in [1.54, 1.807) is 7.11 Å². The van der Waals surface area contributed by atoms with Crippen LogP contribution in [0.2, 0.25) is 5.02 Å². The number of ether oxygens (including phenoxy) is 1. The molecule has 0 N–H and O–H groups in total. The van der Waals surface area contributed by atoms with Crippen molar-refractivity contribution in [2.75, 3.05) is 7.11 Å². The second-order valence-electron chi connectivity index (χ2n) is 4.10. The van der Waals surface area contributed by atoms with Gasteiger partial charge >= 0.3 is 0 Å². The van der Waals surface area contributed by atoms with Crippen LogP contribution in [0.25, 0.3) is 0 Å². The van der Waals surface area contributed by atoms with Crippen LogP contribution < -0.4 is 4.74 Å². The zero-order valence-electron chi connectivity index (χ0n) is 8.52. The van der Waals surface area contributed by atoms with Crippen molar-refractivity contribution in [3.8, 4) is 5.75 Å². The third kappa shape index (κ3) is 2.38. The lowest BCUT2D eigenvalue weighted by atomic mass is 9.87. The molecule has 0 radical (unpaired) electrons. The molecule has 2 heteroatoms. The Morgan fingerprint density at radius 2 is 1.85 bits per heavy atom. The van der Waals surface area contributed by atoms with Crippen LogP contribution in [0.1, 0.15) is 26.3 Å². The van der Waals surface area contributed by atoms with Crippen molar-refractivity contribution in [1.82, 2.24) is 0 Å². The quantitative estimate of drug-likeness (QED) is 0.670. The van der Waals surface area contributed by atoms with Crippen LogP contribution in [0, 0.1) is 0 Å². The van der Waals surface area contributed by atoms with Crippen LogP contribution in [0.15, 0.2) is 18.2 Å². The molecule has 0 aliphatic rings. The van der Waals surface area contributed by atoms with E-state index < -0.39 is 0 Å². The van der Waals surface area contributed by atoms with Crippen molar-refractivity contribution < 1.29 is 4.74 Å². The molecule has 0 fully saturated rings. The Labute approximate surface area is 84.7 Å². The van der Waals surface area contributed by atoms with Gasteiger partial charge in [-0.3, -0.25) is 0 Å². The second kappa shape index (κ2) is 3.59. The minimum Gasteiger partial charge on any atom is -0.495 e. The molecule has 1 aromatic rings. The van der Waals surface area contributed by atoms with E-state index in [1.807, 2.05) is 18.2 Å². The third-order valence-corrected chi connectivity index (χ3v) is 2.31. The summed E-state index contributed by atoms with van der Waals surface area (Å²) in [6.07, 6.45) is 0. The lowest BCUT2D eigenvalue weighted by Gasteiger charge is -2.19. The Morgan fingerprint density at radius 1 is 1.23 bits per heavy atom. The largest absolute Gasteiger partial charge is 0.495 e. The molecule has 0 heterocycles. The van der Waals surface area contributed by atoms with Crippen LogP contribution >= 0.6 is 11.6 Å². The Balaban J connectivity index is 3.10. The van der Waals surface area contributed by atoms with Gasteiger partial charge in [-0.15, -0.1) is 0 Å². The lowest BCUT2D eigenvalue weighted by Crippen LogP contribution is -2.10. The van der Waals surface area contributed by atoms with Gasteiger partial charge in [0.05, 0.1) is 12.1 Å². The first kappa shape index (κ1) is 10.4. The second-order valence-corrected chi connectivity index (χ2v) is 4.51. The first-order valence-corrected chi connectivity index (χ1v) is 4.67. The van der Waals surface area contributed by atoms with Crippen LogP contribution in [-0.2, 0) is 5.41 Å². The fraction of sp³-hybridized carbons (Fsp3) is 0.455. The van der Waals surface area contributed by atoms with E-state index in [-0.39, 0.29) is 5.41 Å². The topological polar surface area (TPSA) is 9.23 Å². The van der Waals surface area contributed by atoms with Gasteiger partial charge in [0.1, 0.15) is 5.75 Å². The molecule has 0 atom stereocenters. The molecule has 1 aromatic carbocycles. The Morgan fingerprint density at radius 3 is 2.23 bits per heavy atom. The van der Waals surface area contributed by atoms with Crippen LogP contribution in [0.5, 0.6) is 5.75 Å². The van der Waals surface area contributed by atoms with E-state index in [9.17, 15) is 0 Å². The highest BCUT2D eigenvalue weighted by Crippen LogP contribution is 2.30. The summed E-state index contributed by atoms with van der Waals surface area (Å²) in [5.74, 6) is 0.731. The van der Waals surface area contributed by atoms with E-state index in [0.717, 1.165) is 5.75 Å². The fourth-order valence-corrected chi connectivity index (χ4v) is 1.39. The van der Waals surface area contributed by atoms with Crippen molar-refractivity contribution in [3.05, 3.63) is 28.8 Å². The van der Waals surface area contributed by atoms with E-state index >= 15 is 0 Å². The van der Waals surface area contributed by atoms with E-state index in [2.05, 4.69) is 20.8 Å². The smallest absolute Gasteiger partial charge is 0.137 e. The van der Waals surface area contributed by atoms with E-state index in [1.165, 1.54) is 5.56 Å². The van der Waals surface area contributed by atoms with Crippen LogP contribution in [0.4, 0.5) is 0 Å². The SMILES string of the molecule is COc1ccc(C(C)(C)C)cc1Cl. The Hall–Kier alpha value is -0.690. The molecule has 72 valence electrons. The highest BCUT2D eigenvalue weighted by Gasteiger charge is 2.14. The summed E-state index contributed by atoms with van der Waals surface area (Å²) in [6.45, 7) is 6.47. The molecule has 1 nitrogen and oxygen atoms in total. The predicted octanol–water partition coefficient (Wildman–Crippen LogP) is 3.65. The number of methoxy groups -OCH3 is 1. The molecular weight excluding hydrogens is 184 g/mol. The number of hydrogen-bond donors (Lipinski definition) is 0. The van der Waals surface area contributed by atoms with Gasteiger partial charge in [0, 0.05) is 0 Å². The Kier molecular flexibility index (Phi) is 2.87. The average molecular weight is 199 g/mol. The maximum absolute atomic E-state index is 6.01. The molecule has 0 unspecified atom stereocenters. The van der Waals surface area contributed by atoms with E-state index in [4.69, 9.17) is 16.3 Å². The minimum absolute atomic E-state index is 0.135. The summed E-state index contributed by atoms with van der Waals surface area (Å²) in [4.78, 5) is 0. The summed E-state index contributed by atoms with van der Waals surface area (Å²) >= 11 is 6.01. The van der Waals surface area contributed by atoms with Crippen molar-refractivity contribution in [3.63, 3.8) is 0 Å². The number of benzene rings is 1. The summed E-state index contributed by atoms with van der Waals surface area (Å²) in [7, 11) is 1.62. The third-order valence-electron chi connectivity index (χ3n) is 2.02. The summed E-state index contributed by atoms with van der Waals surface area (Å²) < 4.78 is 5.08. The van der Waals surface area contributed by atoms with Gasteiger partial charge in [-0.2, -0.15) is 0 Å². The number of halogens is 1. The summed E-state index contributed by atoms with van der Waals surface area (Å²) in [5.41, 5.74) is 1.36. The first-order valence-electron chi connectivity index (χ1n) is 4.29. The number of rotatable bonds is 1. The van der Waals surface area contributed by atoms with Crippen molar-refractivity contribution in [1.29, 1.82) is 0 Å².